The van der Waals surface area contributed by atoms with Gasteiger partial charge < -0.3 is 4.74 Å². The second-order valence-electron chi connectivity index (χ2n) is 6.16. The number of carbonyl (C=O) groups excluding carboxylic acids is 2. The van der Waals surface area contributed by atoms with E-state index in [1.165, 1.54) is 0 Å². The Balaban J connectivity index is 1.52. The third-order valence-corrected chi connectivity index (χ3v) is 4.37. The SMILES string of the molecule is Cc1ccccc1C(=O)NNC(=O)c1ccc(COc2ccc(Cl)cc2)cc1. The highest BCUT2D eigenvalue weighted by atomic mass is 35.5. The first kappa shape index (κ1) is 19.5. The average Bonchev–Trinajstić information content (AvgIpc) is 2.72. The highest BCUT2D eigenvalue weighted by Gasteiger charge is 2.10. The highest BCUT2D eigenvalue weighted by Crippen LogP contribution is 2.17. The molecule has 6 heteroatoms. The fourth-order valence-corrected chi connectivity index (χ4v) is 2.66. The molecule has 2 amide bonds. The number of amides is 2. The van der Waals surface area contributed by atoms with Crippen molar-refractivity contribution in [1.29, 1.82) is 0 Å². The Morgan fingerprint density at radius 3 is 2.18 bits per heavy atom. The predicted octanol–water partition coefficient (Wildman–Crippen LogP) is 4.30. The fraction of sp³-hybridized carbons (Fsp3) is 0.0909. The summed E-state index contributed by atoms with van der Waals surface area (Å²) in [7, 11) is 0. The number of hydrogen-bond donors (Lipinski definition) is 2. The van der Waals surface area contributed by atoms with Crippen molar-refractivity contribution in [2.75, 3.05) is 0 Å². The Hall–Kier alpha value is -3.31. The number of aryl methyl sites for hydroxylation is 1. The Morgan fingerprint density at radius 1 is 0.857 bits per heavy atom. The van der Waals surface area contributed by atoms with Crippen LogP contribution in [0.4, 0.5) is 0 Å². The Labute approximate surface area is 168 Å². The van der Waals surface area contributed by atoms with Crippen LogP contribution >= 0.6 is 11.6 Å². The van der Waals surface area contributed by atoms with Crippen molar-refractivity contribution in [1.82, 2.24) is 10.9 Å². The maximum Gasteiger partial charge on any atom is 0.269 e. The molecule has 0 spiro atoms. The lowest BCUT2D eigenvalue weighted by atomic mass is 10.1. The summed E-state index contributed by atoms with van der Waals surface area (Å²) < 4.78 is 5.67. The molecule has 0 aromatic heterocycles. The summed E-state index contributed by atoms with van der Waals surface area (Å²) in [6.45, 7) is 2.20. The molecule has 2 N–H and O–H groups in total. The van der Waals surface area contributed by atoms with Gasteiger partial charge in [-0.15, -0.1) is 0 Å². The van der Waals surface area contributed by atoms with E-state index in [0.29, 0.717) is 28.5 Å². The van der Waals surface area contributed by atoms with Crippen molar-refractivity contribution < 1.29 is 14.3 Å². The molecule has 28 heavy (non-hydrogen) atoms. The largest absolute Gasteiger partial charge is 0.489 e. The van der Waals surface area contributed by atoms with Crippen LogP contribution < -0.4 is 15.6 Å². The summed E-state index contributed by atoms with van der Waals surface area (Å²) in [5, 5.41) is 0.650. The van der Waals surface area contributed by atoms with Crippen LogP contribution in [0.15, 0.2) is 72.8 Å². The van der Waals surface area contributed by atoms with E-state index in [9.17, 15) is 9.59 Å². The van der Waals surface area contributed by atoms with Crippen LogP contribution in [0.1, 0.15) is 31.8 Å². The van der Waals surface area contributed by atoms with Crippen LogP contribution in [0, 0.1) is 6.92 Å². The number of benzene rings is 3. The second-order valence-corrected chi connectivity index (χ2v) is 6.60. The van der Waals surface area contributed by atoms with E-state index >= 15 is 0 Å². The highest BCUT2D eigenvalue weighted by molar-refractivity contribution is 6.30. The Kier molecular flexibility index (Phi) is 6.29. The number of nitrogens with one attached hydrogen (secondary N) is 2. The monoisotopic (exact) mass is 394 g/mol. The van der Waals surface area contributed by atoms with E-state index in [1.807, 2.05) is 19.1 Å². The van der Waals surface area contributed by atoms with Crippen LogP contribution in [-0.2, 0) is 6.61 Å². The molecule has 3 aromatic carbocycles. The third kappa shape index (κ3) is 5.11. The molecule has 3 rings (SSSR count). The van der Waals surface area contributed by atoms with E-state index < -0.39 is 5.91 Å². The molecular formula is C22H19ClN2O3. The van der Waals surface area contributed by atoms with E-state index in [-0.39, 0.29) is 5.91 Å². The first-order valence-electron chi connectivity index (χ1n) is 8.66. The zero-order chi connectivity index (χ0) is 19.9. The van der Waals surface area contributed by atoms with Gasteiger partial charge in [-0.2, -0.15) is 0 Å². The molecule has 0 aliphatic heterocycles. The van der Waals surface area contributed by atoms with Crippen molar-refractivity contribution in [3.8, 4) is 5.75 Å². The van der Waals surface area contributed by atoms with Gasteiger partial charge in [0.1, 0.15) is 12.4 Å². The van der Waals surface area contributed by atoms with Gasteiger partial charge in [-0.1, -0.05) is 41.9 Å². The summed E-state index contributed by atoms with van der Waals surface area (Å²) in [5.74, 6) is -0.0447. The maximum absolute atomic E-state index is 12.2. The van der Waals surface area contributed by atoms with Gasteiger partial charge in [0, 0.05) is 16.1 Å². The molecule has 142 valence electrons. The predicted molar refractivity (Wildman–Crippen MR) is 108 cm³/mol. The number of rotatable bonds is 5. The standard InChI is InChI=1S/C22H19ClN2O3/c1-15-4-2-3-5-20(15)22(27)25-24-21(26)17-8-6-16(7-9-17)14-28-19-12-10-18(23)11-13-19/h2-13H,14H2,1H3,(H,24,26)(H,25,27). The Morgan fingerprint density at radius 2 is 1.50 bits per heavy atom. The van der Waals surface area contributed by atoms with E-state index in [0.717, 1.165) is 11.1 Å². The molecule has 5 nitrogen and oxygen atoms in total. The van der Waals surface area contributed by atoms with Gasteiger partial charge in [0.2, 0.25) is 0 Å². The molecule has 0 heterocycles. The normalized spacial score (nSPS) is 10.2. The zero-order valence-corrected chi connectivity index (χ0v) is 16.0. The minimum Gasteiger partial charge on any atom is -0.489 e. The van der Waals surface area contributed by atoms with Crippen LogP contribution in [0.5, 0.6) is 5.75 Å². The molecule has 0 unspecified atom stereocenters. The second kappa shape index (κ2) is 9.06. The maximum atomic E-state index is 12.2. The number of carbonyl (C=O) groups is 2. The first-order valence-corrected chi connectivity index (χ1v) is 9.04. The summed E-state index contributed by atoms with van der Waals surface area (Å²) in [5.41, 5.74) is 7.54. The van der Waals surface area contributed by atoms with Crippen molar-refractivity contribution >= 4 is 23.4 Å². The van der Waals surface area contributed by atoms with Crippen LogP contribution in [-0.4, -0.2) is 11.8 Å². The molecule has 0 fully saturated rings. The van der Waals surface area contributed by atoms with Gasteiger partial charge in [-0.05, 0) is 60.5 Å². The summed E-state index contributed by atoms with van der Waals surface area (Å²) in [6.07, 6.45) is 0. The van der Waals surface area contributed by atoms with Gasteiger partial charge in [-0.3, -0.25) is 20.4 Å². The lowest BCUT2D eigenvalue weighted by molar-refractivity contribution is 0.0846. The van der Waals surface area contributed by atoms with E-state index in [2.05, 4.69) is 10.9 Å². The van der Waals surface area contributed by atoms with Crippen LogP contribution in [0.2, 0.25) is 5.02 Å². The van der Waals surface area contributed by atoms with E-state index in [1.54, 1.807) is 60.7 Å². The van der Waals surface area contributed by atoms with Crippen molar-refractivity contribution in [3.63, 3.8) is 0 Å². The number of hydrazine groups is 1. The van der Waals surface area contributed by atoms with Gasteiger partial charge in [-0.25, -0.2) is 0 Å². The van der Waals surface area contributed by atoms with Gasteiger partial charge >= 0.3 is 0 Å². The number of halogens is 1. The van der Waals surface area contributed by atoms with E-state index in [4.69, 9.17) is 16.3 Å². The molecule has 0 radical (unpaired) electrons. The fourth-order valence-electron chi connectivity index (χ4n) is 2.53. The zero-order valence-electron chi connectivity index (χ0n) is 15.2. The molecular weight excluding hydrogens is 376 g/mol. The molecule has 0 saturated carbocycles. The van der Waals surface area contributed by atoms with Gasteiger partial charge in [0.25, 0.3) is 11.8 Å². The Bertz CT molecular complexity index is 970. The van der Waals surface area contributed by atoms with Crippen LogP contribution in [0.25, 0.3) is 0 Å². The van der Waals surface area contributed by atoms with Crippen molar-refractivity contribution in [2.24, 2.45) is 0 Å². The van der Waals surface area contributed by atoms with Crippen molar-refractivity contribution in [3.05, 3.63) is 100 Å². The minimum absolute atomic E-state index is 0.362. The lowest BCUT2D eigenvalue weighted by Gasteiger charge is -2.10. The van der Waals surface area contributed by atoms with Crippen molar-refractivity contribution in [2.45, 2.75) is 13.5 Å². The number of ether oxygens (including phenoxy) is 1. The molecule has 0 bridgehead atoms. The first-order chi connectivity index (χ1) is 13.5. The average molecular weight is 395 g/mol. The quantitative estimate of drug-likeness (QED) is 0.634. The topological polar surface area (TPSA) is 67.4 Å². The van der Waals surface area contributed by atoms with Crippen LogP contribution in [0.3, 0.4) is 0 Å². The molecule has 0 aliphatic carbocycles. The molecule has 3 aromatic rings. The lowest BCUT2D eigenvalue weighted by Crippen LogP contribution is -2.41. The van der Waals surface area contributed by atoms with Gasteiger partial charge in [0.05, 0.1) is 0 Å². The molecule has 0 saturated heterocycles. The van der Waals surface area contributed by atoms with Gasteiger partial charge in [0.15, 0.2) is 0 Å². The summed E-state index contributed by atoms with van der Waals surface area (Å²) in [6, 6.07) is 21.2. The third-order valence-electron chi connectivity index (χ3n) is 4.11. The smallest absolute Gasteiger partial charge is 0.269 e. The summed E-state index contributed by atoms with van der Waals surface area (Å²) >= 11 is 5.84. The molecule has 0 atom stereocenters. The number of hydrogen-bond acceptors (Lipinski definition) is 3. The molecule has 0 aliphatic rings. The summed E-state index contributed by atoms with van der Waals surface area (Å²) in [4.78, 5) is 24.4. The minimum atomic E-state index is -0.396.